The predicted molar refractivity (Wildman–Crippen MR) is 80.3 cm³/mol. The van der Waals surface area contributed by atoms with Crippen molar-refractivity contribution in [3.05, 3.63) is 0 Å². The number of carboxylic acids is 1. The summed E-state index contributed by atoms with van der Waals surface area (Å²) in [5, 5.41) is 14.1. The molecule has 2 aliphatic rings. The van der Waals surface area contributed by atoms with Crippen LogP contribution in [0, 0.1) is 5.92 Å². The molecule has 0 bridgehead atoms. The average molecular weight is 311 g/mol. The molecule has 0 spiro atoms. The van der Waals surface area contributed by atoms with Crippen molar-refractivity contribution in [2.24, 2.45) is 5.92 Å². The Bertz CT molecular complexity index is 413. The third kappa shape index (κ3) is 5.29. The van der Waals surface area contributed by atoms with Gasteiger partial charge in [0.25, 0.3) is 0 Å². The monoisotopic (exact) mass is 311 g/mol. The Kier molecular flexibility index (Phi) is 6.18. The number of carboxylic acid groups (broad SMARTS) is 1. The first-order valence-electron chi connectivity index (χ1n) is 8.10. The predicted octanol–water partition coefficient (Wildman–Crippen LogP) is 0.941. The lowest BCUT2D eigenvalue weighted by Crippen LogP contribution is -2.49. The maximum absolute atomic E-state index is 11.8. The van der Waals surface area contributed by atoms with Gasteiger partial charge in [-0.25, -0.2) is 4.79 Å². The molecule has 0 atom stereocenters. The molecule has 2 fully saturated rings. The van der Waals surface area contributed by atoms with E-state index in [1.807, 2.05) is 4.90 Å². The molecule has 3 amide bonds. The molecule has 0 aromatic rings. The fourth-order valence-electron chi connectivity index (χ4n) is 3.18. The minimum Gasteiger partial charge on any atom is -0.481 e. The molecule has 3 N–H and O–H groups in total. The Labute approximate surface area is 130 Å². The van der Waals surface area contributed by atoms with Crippen molar-refractivity contribution in [2.45, 2.75) is 51.0 Å². The Balaban J connectivity index is 1.65. The second-order valence-corrected chi connectivity index (χ2v) is 6.25. The first-order valence-corrected chi connectivity index (χ1v) is 8.10. The average Bonchev–Trinajstić information content (AvgIpc) is 2.48. The number of nitrogens with one attached hydrogen (secondary N) is 2. The molecule has 7 heteroatoms. The highest BCUT2D eigenvalue weighted by Crippen LogP contribution is 2.17. The minimum atomic E-state index is -0.768. The van der Waals surface area contributed by atoms with Crippen molar-refractivity contribution in [1.82, 2.24) is 15.5 Å². The summed E-state index contributed by atoms with van der Waals surface area (Å²) in [6.07, 6.45) is 6.52. The highest BCUT2D eigenvalue weighted by Gasteiger charge is 2.26. The van der Waals surface area contributed by atoms with E-state index in [1.54, 1.807) is 0 Å². The van der Waals surface area contributed by atoms with Crippen LogP contribution < -0.4 is 10.6 Å². The molecule has 124 valence electrons. The molecule has 1 aliphatic heterocycles. The van der Waals surface area contributed by atoms with Gasteiger partial charge in [-0.2, -0.15) is 0 Å². The van der Waals surface area contributed by atoms with Crippen molar-refractivity contribution in [3.8, 4) is 0 Å². The van der Waals surface area contributed by atoms with Gasteiger partial charge in [0, 0.05) is 6.04 Å². The number of carbonyl (C=O) groups excluding carboxylic acids is 2. The van der Waals surface area contributed by atoms with Crippen molar-refractivity contribution in [3.63, 3.8) is 0 Å². The molecule has 0 aromatic carbocycles. The van der Waals surface area contributed by atoms with E-state index in [-0.39, 0.29) is 24.4 Å². The van der Waals surface area contributed by atoms with Gasteiger partial charge in [0.2, 0.25) is 5.91 Å². The second kappa shape index (κ2) is 8.12. The Morgan fingerprint density at radius 3 is 2.23 bits per heavy atom. The van der Waals surface area contributed by atoms with Crippen molar-refractivity contribution in [1.29, 1.82) is 0 Å². The van der Waals surface area contributed by atoms with Crippen LogP contribution in [0.2, 0.25) is 0 Å². The number of aliphatic carboxylic acids is 1. The summed E-state index contributed by atoms with van der Waals surface area (Å²) in [7, 11) is 0. The fourth-order valence-corrected chi connectivity index (χ4v) is 3.18. The zero-order valence-corrected chi connectivity index (χ0v) is 12.8. The Hall–Kier alpha value is -1.63. The zero-order valence-electron chi connectivity index (χ0n) is 12.8. The smallest absolute Gasteiger partial charge is 0.321 e. The van der Waals surface area contributed by atoms with Crippen LogP contribution in [0.5, 0.6) is 0 Å². The van der Waals surface area contributed by atoms with Crippen LogP contribution in [-0.4, -0.2) is 53.6 Å². The number of rotatable bonds is 4. The summed E-state index contributed by atoms with van der Waals surface area (Å²) in [4.78, 5) is 36.4. The molecule has 0 unspecified atom stereocenters. The van der Waals surface area contributed by atoms with Crippen LogP contribution in [0.15, 0.2) is 0 Å². The van der Waals surface area contributed by atoms with Gasteiger partial charge in [-0.1, -0.05) is 19.3 Å². The molecule has 1 saturated carbocycles. The van der Waals surface area contributed by atoms with Gasteiger partial charge in [0.05, 0.1) is 12.5 Å². The first kappa shape index (κ1) is 16.7. The molecule has 2 rings (SSSR count). The number of nitrogens with zero attached hydrogens (tertiary/aromatic N) is 1. The van der Waals surface area contributed by atoms with Crippen molar-refractivity contribution >= 4 is 17.9 Å². The second-order valence-electron chi connectivity index (χ2n) is 6.25. The lowest BCUT2D eigenvalue weighted by molar-refractivity contribution is -0.143. The quantitative estimate of drug-likeness (QED) is 0.718. The van der Waals surface area contributed by atoms with Crippen LogP contribution in [0.25, 0.3) is 0 Å². The van der Waals surface area contributed by atoms with Crippen LogP contribution in [-0.2, 0) is 9.59 Å². The third-order valence-electron chi connectivity index (χ3n) is 4.50. The summed E-state index contributed by atoms with van der Waals surface area (Å²) in [5.74, 6) is -1.41. The van der Waals surface area contributed by atoms with E-state index < -0.39 is 12.0 Å². The largest absolute Gasteiger partial charge is 0.481 e. The van der Waals surface area contributed by atoms with Gasteiger partial charge >= 0.3 is 12.0 Å². The molecule has 0 aromatic heterocycles. The number of likely N-dealkylation sites (tertiary alicyclic amines) is 1. The van der Waals surface area contributed by atoms with Crippen molar-refractivity contribution in [2.75, 3.05) is 19.6 Å². The number of imide groups is 1. The topological polar surface area (TPSA) is 98.7 Å². The summed E-state index contributed by atoms with van der Waals surface area (Å²) in [5.41, 5.74) is 0. The van der Waals surface area contributed by atoms with Crippen molar-refractivity contribution < 1.29 is 19.5 Å². The highest BCUT2D eigenvalue weighted by atomic mass is 16.4. The van der Waals surface area contributed by atoms with Crippen LogP contribution in [0.1, 0.15) is 44.9 Å². The number of hydrogen-bond acceptors (Lipinski definition) is 4. The zero-order chi connectivity index (χ0) is 15.9. The van der Waals surface area contributed by atoms with E-state index in [0.717, 1.165) is 25.7 Å². The summed E-state index contributed by atoms with van der Waals surface area (Å²) < 4.78 is 0. The van der Waals surface area contributed by atoms with Crippen LogP contribution in [0.4, 0.5) is 4.79 Å². The van der Waals surface area contributed by atoms with Crippen LogP contribution >= 0.6 is 0 Å². The molecular weight excluding hydrogens is 286 g/mol. The Morgan fingerprint density at radius 2 is 1.64 bits per heavy atom. The number of carbonyl (C=O) groups is 3. The molecule has 7 nitrogen and oxygen atoms in total. The maximum atomic E-state index is 11.8. The van der Waals surface area contributed by atoms with Gasteiger partial charge in [-0.05, 0) is 38.8 Å². The van der Waals surface area contributed by atoms with Gasteiger partial charge in [0.1, 0.15) is 0 Å². The van der Waals surface area contributed by atoms with E-state index in [0.29, 0.717) is 25.9 Å². The maximum Gasteiger partial charge on any atom is 0.321 e. The summed E-state index contributed by atoms with van der Waals surface area (Å²) in [6.45, 7) is 1.30. The Morgan fingerprint density at radius 1 is 1.00 bits per heavy atom. The first-order chi connectivity index (χ1) is 10.5. The summed E-state index contributed by atoms with van der Waals surface area (Å²) >= 11 is 0. The van der Waals surface area contributed by atoms with E-state index in [1.165, 1.54) is 6.42 Å². The van der Waals surface area contributed by atoms with E-state index in [9.17, 15) is 14.4 Å². The van der Waals surface area contributed by atoms with Gasteiger partial charge in [-0.3, -0.25) is 19.8 Å². The van der Waals surface area contributed by atoms with Gasteiger partial charge in [0.15, 0.2) is 0 Å². The lowest BCUT2D eigenvalue weighted by Gasteiger charge is -2.29. The molecule has 1 saturated heterocycles. The highest BCUT2D eigenvalue weighted by molar-refractivity contribution is 5.95. The standard InChI is InChI=1S/C15H25N3O4/c19-13(10-18-8-6-11(7-9-18)14(20)21)17-15(22)16-12-4-2-1-3-5-12/h11-12H,1-10H2,(H,20,21)(H2,16,17,19,22). The van der Waals surface area contributed by atoms with Crippen LogP contribution in [0.3, 0.4) is 0 Å². The lowest BCUT2D eigenvalue weighted by atomic mass is 9.96. The molecule has 22 heavy (non-hydrogen) atoms. The van der Waals surface area contributed by atoms with E-state index in [4.69, 9.17) is 5.11 Å². The van der Waals surface area contributed by atoms with E-state index >= 15 is 0 Å². The third-order valence-corrected chi connectivity index (χ3v) is 4.50. The number of piperidine rings is 1. The number of urea groups is 1. The van der Waals surface area contributed by atoms with Gasteiger partial charge < -0.3 is 10.4 Å². The van der Waals surface area contributed by atoms with Gasteiger partial charge in [-0.15, -0.1) is 0 Å². The SMILES string of the molecule is O=C(CN1CCC(C(=O)O)CC1)NC(=O)NC1CCCCC1. The molecule has 0 radical (unpaired) electrons. The summed E-state index contributed by atoms with van der Waals surface area (Å²) in [6, 6.07) is -0.245. The van der Waals surface area contributed by atoms with E-state index in [2.05, 4.69) is 10.6 Å². The minimum absolute atomic E-state index is 0.143. The normalized spacial score (nSPS) is 21.3. The molecule has 1 heterocycles. The number of amides is 3. The molecule has 1 aliphatic carbocycles. The molecular formula is C15H25N3O4. The fraction of sp³-hybridized carbons (Fsp3) is 0.800. The number of hydrogen-bond donors (Lipinski definition) is 3.